The Bertz CT molecular complexity index is 401. The van der Waals surface area contributed by atoms with Crippen LogP contribution in [0.1, 0.15) is 6.42 Å². The largest absolute Gasteiger partial charge is 0.380 e. The van der Waals surface area contributed by atoms with Gasteiger partial charge in [-0.2, -0.15) is 0 Å². The van der Waals surface area contributed by atoms with Gasteiger partial charge >= 0.3 is 0 Å². The molecule has 0 spiro atoms. The summed E-state index contributed by atoms with van der Waals surface area (Å²) in [6.45, 7) is 5.32. The lowest BCUT2D eigenvalue weighted by Crippen LogP contribution is -2.51. The third-order valence-corrected chi connectivity index (χ3v) is 3.77. The van der Waals surface area contributed by atoms with Gasteiger partial charge in [-0.25, -0.2) is 9.37 Å². The van der Waals surface area contributed by atoms with E-state index in [0.29, 0.717) is 11.9 Å². The molecular weight excluding hydrogens is 233 g/mol. The Labute approximate surface area is 106 Å². The van der Waals surface area contributed by atoms with Gasteiger partial charge in [0.05, 0.1) is 6.61 Å². The van der Waals surface area contributed by atoms with E-state index in [9.17, 15) is 4.39 Å². The molecule has 2 fully saturated rings. The lowest BCUT2D eigenvalue weighted by atomic mass is 10.2. The van der Waals surface area contributed by atoms with Crippen LogP contribution in [0.4, 0.5) is 10.2 Å². The zero-order chi connectivity index (χ0) is 12.4. The molecule has 3 heterocycles. The number of aromatic nitrogens is 1. The van der Waals surface area contributed by atoms with Crippen LogP contribution in [0.25, 0.3) is 0 Å². The maximum atomic E-state index is 13.6. The molecule has 98 valence electrons. The van der Waals surface area contributed by atoms with Crippen LogP contribution in [0, 0.1) is 5.82 Å². The maximum absolute atomic E-state index is 13.6. The predicted octanol–water partition coefficient (Wildman–Crippen LogP) is 1.13. The average Bonchev–Trinajstić information content (AvgIpc) is 2.94. The first kappa shape index (κ1) is 11.9. The predicted molar refractivity (Wildman–Crippen MR) is 67.2 cm³/mol. The van der Waals surface area contributed by atoms with Gasteiger partial charge in [0.15, 0.2) is 11.6 Å². The molecule has 0 N–H and O–H groups in total. The Kier molecular flexibility index (Phi) is 3.43. The molecule has 5 heteroatoms. The molecule has 3 rings (SSSR count). The fourth-order valence-electron chi connectivity index (χ4n) is 2.72. The van der Waals surface area contributed by atoms with Crippen molar-refractivity contribution >= 4 is 5.82 Å². The normalized spacial score (nSPS) is 25.6. The number of piperazine rings is 1. The van der Waals surface area contributed by atoms with E-state index in [1.54, 1.807) is 12.3 Å². The molecule has 18 heavy (non-hydrogen) atoms. The monoisotopic (exact) mass is 251 g/mol. The summed E-state index contributed by atoms with van der Waals surface area (Å²) in [6, 6.07) is 3.66. The van der Waals surface area contributed by atoms with Gasteiger partial charge in [0.25, 0.3) is 0 Å². The number of nitrogens with zero attached hydrogens (tertiary/aromatic N) is 3. The molecule has 0 aromatic carbocycles. The Balaban J connectivity index is 1.61. The van der Waals surface area contributed by atoms with Gasteiger partial charge in [0, 0.05) is 45.0 Å². The molecule has 0 radical (unpaired) electrons. The van der Waals surface area contributed by atoms with E-state index in [4.69, 9.17) is 4.74 Å². The molecule has 2 aliphatic heterocycles. The molecule has 0 unspecified atom stereocenters. The van der Waals surface area contributed by atoms with Crippen LogP contribution in [0.5, 0.6) is 0 Å². The van der Waals surface area contributed by atoms with E-state index in [1.165, 1.54) is 6.07 Å². The van der Waals surface area contributed by atoms with E-state index in [1.807, 2.05) is 4.90 Å². The summed E-state index contributed by atoms with van der Waals surface area (Å²) < 4.78 is 19.0. The third kappa shape index (κ3) is 2.33. The van der Waals surface area contributed by atoms with E-state index < -0.39 is 0 Å². The van der Waals surface area contributed by atoms with Crippen molar-refractivity contribution in [2.24, 2.45) is 0 Å². The van der Waals surface area contributed by atoms with Crippen LogP contribution in [0.2, 0.25) is 0 Å². The molecular formula is C13H18FN3O. The van der Waals surface area contributed by atoms with Crippen molar-refractivity contribution in [1.82, 2.24) is 9.88 Å². The minimum absolute atomic E-state index is 0.227. The zero-order valence-corrected chi connectivity index (χ0v) is 10.4. The number of rotatable bonds is 2. The molecule has 1 aromatic rings. The standard InChI is InChI=1S/C13H18FN3O/c14-12-2-1-4-15-13(12)17-7-5-16(6-8-17)11-3-9-18-10-11/h1-2,4,11H,3,5-10H2/t11-/m1/s1. The van der Waals surface area contributed by atoms with Crippen molar-refractivity contribution in [3.05, 3.63) is 24.1 Å². The topological polar surface area (TPSA) is 28.6 Å². The van der Waals surface area contributed by atoms with Gasteiger partial charge in [-0.15, -0.1) is 0 Å². The van der Waals surface area contributed by atoms with Crippen LogP contribution in [0.3, 0.4) is 0 Å². The van der Waals surface area contributed by atoms with Crippen molar-refractivity contribution in [2.75, 3.05) is 44.3 Å². The first-order chi connectivity index (χ1) is 8.84. The van der Waals surface area contributed by atoms with E-state index >= 15 is 0 Å². The molecule has 0 bridgehead atoms. The highest BCUT2D eigenvalue weighted by Gasteiger charge is 2.27. The van der Waals surface area contributed by atoms with Crippen LogP contribution in [-0.4, -0.2) is 55.3 Å². The number of hydrogen-bond donors (Lipinski definition) is 0. The Hall–Kier alpha value is -1.20. The summed E-state index contributed by atoms with van der Waals surface area (Å²) in [5, 5.41) is 0. The Morgan fingerprint density at radius 2 is 2.11 bits per heavy atom. The number of hydrogen-bond acceptors (Lipinski definition) is 4. The number of halogens is 1. The van der Waals surface area contributed by atoms with Crippen LogP contribution < -0.4 is 4.90 Å². The molecule has 1 aromatic heterocycles. The van der Waals surface area contributed by atoms with Crippen molar-refractivity contribution in [1.29, 1.82) is 0 Å². The highest BCUT2D eigenvalue weighted by Crippen LogP contribution is 2.20. The summed E-state index contributed by atoms with van der Waals surface area (Å²) >= 11 is 0. The Morgan fingerprint density at radius 3 is 2.78 bits per heavy atom. The van der Waals surface area contributed by atoms with Crippen molar-refractivity contribution in [3.63, 3.8) is 0 Å². The number of anilines is 1. The fourth-order valence-corrected chi connectivity index (χ4v) is 2.72. The average molecular weight is 251 g/mol. The van der Waals surface area contributed by atoms with Gasteiger partial charge < -0.3 is 9.64 Å². The van der Waals surface area contributed by atoms with E-state index in [-0.39, 0.29) is 5.82 Å². The highest BCUT2D eigenvalue weighted by molar-refractivity contribution is 5.40. The number of ether oxygens (including phenoxy) is 1. The lowest BCUT2D eigenvalue weighted by molar-refractivity contribution is 0.138. The molecule has 2 aliphatic rings. The summed E-state index contributed by atoms with van der Waals surface area (Å²) in [6.07, 6.45) is 2.77. The lowest BCUT2D eigenvalue weighted by Gasteiger charge is -2.38. The maximum Gasteiger partial charge on any atom is 0.165 e. The van der Waals surface area contributed by atoms with Gasteiger partial charge in [-0.05, 0) is 18.6 Å². The molecule has 0 amide bonds. The Morgan fingerprint density at radius 1 is 1.28 bits per heavy atom. The second-order valence-electron chi connectivity index (χ2n) is 4.85. The summed E-state index contributed by atoms with van der Waals surface area (Å²) in [7, 11) is 0. The molecule has 1 atom stereocenters. The van der Waals surface area contributed by atoms with Crippen LogP contribution in [0.15, 0.2) is 18.3 Å². The minimum Gasteiger partial charge on any atom is -0.380 e. The molecule has 0 aliphatic carbocycles. The van der Waals surface area contributed by atoms with Gasteiger partial charge in [-0.3, -0.25) is 4.90 Å². The van der Waals surface area contributed by atoms with Crippen molar-refractivity contribution < 1.29 is 9.13 Å². The summed E-state index contributed by atoms with van der Waals surface area (Å²) in [4.78, 5) is 8.61. The van der Waals surface area contributed by atoms with Crippen LogP contribution in [-0.2, 0) is 4.74 Å². The molecule has 0 saturated carbocycles. The smallest absolute Gasteiger partial charge is 0.165 e. The van der Waals surface area contributed by atoms with Gasteiger partial charge in [0.2, 0.25) is 0 Å². The van der Waals surface area contributed by atoms with Crippen LogP contribution >= 0.6 is 0 Å². The highest BCUT2D eigenvalue weighted by atomic mass is 19.1. The second kappa shape index (κ2) is 5.20. The quantitative estimate of drug-likeness (QED) is 0.788. The third-order valence-electron chi connectivity index (χ3n) is 3.77. The van der Waals surface area contributed by atoms with Crippen molar-refractivity contribution in [2.45, 2.75) is 12.5 Å². The first-order valence-electron chi connectivity index (χ1n) is 6.52. The molecule has 2 saturated heterocycles. The summed E-state index contributed by atoms with van der Waals surface area (Å²) in [5.74, 6) is 0.259. The summed E-state index contributed by atoms with van der Waals surface area (Å²) in [5.41, 5.74) is 0. The van der Waals surface area contributed by atoms with Crippen molar-refractivity contribution in [3.8, 4) is 0 Å². The van der Waals surface area contributed by atoms with Gasteiger partial charge in [0.1, 0.15) is 0 Å². The second-order valence-corrected chi connectivity index (χ2v) is 4.85. The minimum atomic E-state index is -0.227. The van der Waals surface area contributed by atoms with E-state index in [0.717, 1.165) is 45.8 Å². The van der Waals surface area contributed by atoms with Gasteiger partial charge in [-0.1, -0.05) is 0 Å². The number of pyridine rings is 1. The zero-order valence-electron chi connectivity index (χ0n) is 10.4. The SMILES string of the molecule is Fc1cccnc1N1CCN([C@@H]2CCOC2)CC1. The first-order valence-corrected chi connectivity index (χ1v) is 6.52. The molecule has 4 nitrogen and oxygen atoms in total. The fraction of sp³-hybridized carbons (Fsp3) is 0.615. The van der Waals surface area contributed by atoms with E-state index in [2.05, 4.69) is 9.88 Å².